The van der Waals surface area contributed by atoms with Gasteiger partial charge in [-0.2, -0.15) is 0 Å². The maximum atomic E-state index is 8.54. The van der Waals surface area contributed by atoms with E-state index >= 15 is 0 Å². The number of thiocarbonyl (C=S) groups is 2. The largest absolute Gasteiger partial charge is 0.394 e. The maximum Gasteiger partial charge on any atom is 0.166 e. The molecule has 0 aromatic heterocycles. The van der Waals surface area contributed by atoms with E-state index in [-0.39, 0.29) is 13.2 Å². The van der Waals surface area contributed by atoms with Crippen LogP contribution in [0.3, 0.4) is 0 Å². The monoisotopic (exact) mass is 368 g/mol. The number of aliphatic hydroxyl groups excluding tert-OH is 2. The van der Waals surface area contributed by atoms with Crippen LogP contribution in [0, 0.1) is 0 Å². The lowest BCUT2D eigenvalue weighted by Crippen LogP contribution is -2.40. The Morgan fingerprint density at radius 3 is 1.43 bits per heavy atom. The van der Waals surface area contributed by atoms with E-state index in [1.165, 1.54) is 0 Å². The number of ether oxygens (including phenoxy) is 2. The summed E-state index contributed by atoms with van der Waals surface area (Å²) >= 11 is 10.2. The summed E-state index contributed by atoms with van der Waals surface area (Å²) in [6.07, 6.45) is 0.867. The molecule has 0 radical (unpaired) electrons. The van der Waals surface area contributed by atoms with Gasteiger partial charge in [0.25, 0.3) is 0 Å². The zero-order chi connectivity index (χ0) is 17.2. The zero-order valence-electron chi connectivity index (χ0n) is 13.3. The van der Waals surface area contributed by atoms with E-state index in [4.69, 9.17) is 44.1 Å². The molecule has 0 amide bonds. The minimum Gasteiger partial charge on any atom is -0.394 e. The number of rotatable bonds is 14. The Hall–Kier alpha value is -0.780. The number of nitrogens with one attached hydrogen (secondary N) is 4. The minimum atomic E-state index is 0.0299. The van der Waals surface area contributed by atoms with Crippen LogP contribution < -0.4 is 21.3 Å². The highest BCUT2D eigenvalue weighted by molar-refractivity contribution is 7.80. The van der Waals surface area contributed by atoms with Crippen molar-refractivity contribution in [2.45, 2.75) is 6.42 Å². The fourth-order valence-corrected chi connectivity index (χ4v) is 1.83. The van der Waals surface area contributed by atoms with Crippen LogP contribution in [0.1, 0.15) is 6.42 Å². The molecule has 0 fully saturated rings. The molecule has 0 atom stereocenters. The first kappa shape index (κ1) is 22.2. The average molecular weight is 369 g/mol. The lowest BCUT2D eigenvalue weighted by Gasteiger charge is -2.12. The van der Waals surface area contributed by atoms with Crippen LogP contribution in [-0.4, -0.2) is 86.3 Å². The molecule has 136 valence electrons. The Kier molecular flexibility index (Phi) is 17.0. The molecule has 0 heterocycles. The van der Waals surface area contributed by atoms with Crippen LogP contribution in [0.4, 0.5) is 0 Å². The Morgan fingerprint density at radius 1 is 0.652 bits per heavy atom. The van der Waals surface area contributed by atoms with E-state index in [2.05, 4.69) is 21.3 Å². The molecule has 0 rings (SSSR count). The van der Waals surface area contributed by atoms with Crippen molar-refractivity contribution in [3.05, 3.63) is 0 Å². The fourth-order valence-electron chi connectivity index (χ4n) is 1.42. The van der Waals surface area contributed by atoms with Gasteiger partial charge >= 0.3 is 0 Å². The highest BCUT2D eigenvalue weighted by Crippen LogP contribution is 1.78. The Balaban J connectivity index is 3.30. The van der Waals surface area contributed by atoms with Gasteiger partial charge in [0.1, 0.15) is 0 Å². The molecule has 8 nitrogen and oxygen atoms in total. The van der Waals surface area contributed by atoms with Gasteiger partial charge in [-0.25, -0.2) is 0 Å². The standard InChI is InChI=1S/C13H28N4O4S2/c18-6-10-20-8-4-16-12(22)14-2-1-3-15-13(23)17-5-9-21-11-7-19/h18-19H,1-11H2,(H2,14,16,22)(H2,15,17,23). The summed E-state index contributed by atoms with van der Waals surface area (Å²) < 4.78 is 10.2. The number of hydrogen-bond acceptors (Lipinski definition) is 6. The SMILES string of the molecule is OCCOCCNC(=S)NCCCNC(=S)NCCOCCO. The number of hydrogen-bond donors (Lipinski definition) is 6. The smallest absolute Gasteiger partial charge is 0.166 e. The first-order valence-corrected chi connectivity index (χ1v) is 8.43. The Bertz CT molecular complexity index is 284. The van der Waals surface area contributed by atoms with Gasteiger partial charge in [-0.3, -0.25) is 0 Å². The second-order valence-corrected chi connectivity index (χ2v) is 5.21. The van der Waals surface area contributed by atoms with Crippen molar-refractivity contribution in [3.8, 4) is 0 Å². The van der Waals surface area contributed by atoms with Crippen LogP contribution in [0.15, 0.2) is 0 Å². The predicted octanol–water partition coefficient (Wildman–Crippen LogP) is -1.68. The summed E-state index contributed by atoms with van der Waals surface area (Å²) in [5.41, 5.74) is 0. The quantitative estimate of drug-likeness (QED) is 0.157. The van der Waals surface area contributed by atoms with Crippen molar-refractivity contribution in [3.63, 3.8) is 0 Å². The van der Waals surface area contributed by atoms with Crippen LogP contribution in [0.25, 0.3) is 0 Å². The molecule has 10 heteroatoms. The second-order valence-electron chi connectivity index (χ2n) is 4.39. The summed E-state index contributed by atoms with van der Waals surface area (Å²) in [5, 5.41) is 30.4. The minimum absolute atomic E-state index is 0.0299. The highest BCUT2D eigenvalue weighted by atomic mass is 32.1. The molecule has 0 aliphatic rings. The van der Waals surface area contributed by atoms with E-state index in [0.717, 1.165) is 19.5 Å². The van der Waals surface area contributed by atoms with Gasteiger partial charge in [0.2, 0.25) is 0 Å². The van der Waals surface area contributed by atoms with Gasteiger partial charge in [-0.05, 0) is 30.9 Å². The third-order valence-corrected chi connectivity index (χ3v) is 3.04. The lowest BCUT2D eigenvalue weighted by atomic mass is 10.4. The summed E-state index contributed by atoms with van der Waals surface area (Å²) in [4.78, 5) is 0. The van der Waals surface area contributed by atoms with Gasteiger partial charge in [0.05, 0.1) is 39.6 Å². The van der Waals surface area contributed by atoms with E-state index in [9.17, 15) is 0 Å². The van der Waals surface area contributed by atoms with Gasteiger partial charge in [0, 0.05) is 26.2 Å². The first-order chi connectivity index (χ1) is 11.2. The van der Waals surface area contributed by atoms with Gasteiger partial charge in [0.15, 0.2) is 10.2 Å². The average Bonchev–Trinajstić information content (AvgIpc) is 2.54. The molecule has 0 aliphatic carbocycles. The molecule has 0 aromatic rings. The molecule has 6 N–H and O–H groups in total. The van der Waals surface area contributed by atoms with Crippen LogP contribution in [0.2, 0.25) is 0 Å². The van der Waals surface area contributed by atoms with Crippen molar-refractivity contribution in [1.82, 2.24) is 21.3 Å². The number of aliphatic hydroxyl groups is 2. The highest BCUT2D eigenvalue weighted by Gasteiger charge is 1.97. The summed E-state index contributed by atoms with van der Waals surface area (Å²) in [7, 11) is 0. The van der Waals surface area contributed by atoms with E-state index < -0.39 is 0 Å². The molecule has 0 saturated carbocycles. The molecular formula is C13H28N4O4S2. The molecule has 0 aromatic carbocycles. The Labute approximate surface area is 148 Å². The van der Waals surface area contributed by atoms with Crippen molar-refractivity contribution >= 4 is 34.7 Å². The normalized spacial score (nSPS) is 10.2. The van der Waals surface area contributed by atoms with E-state index in [0.29, 0.717) is 49.7 Å². The lowest BCUT2D eigenvalue weighted by molar-refractivity contribution is 0.0958. The predicted molar refractivity (Wildman–Crippen MR) is 97.6 cm³/mol. The summed E-state index contributed by atoms with van der Waals surface area (Å²) in [6.45, 7) is 4.44. The fraction of sp³-hybridized carbons (Fsp3) is 0.846. The van der Waals surface area contributed by atoms with Crippen molar-refractivity contribution < 1.29 is 19.7 Å². The Morgan fingerprint density at radius 2 is 1.04 bits per heavy atom. The van der Waals surface area contributed by atoms with Crippen molar-refractivity contribution in [2.75, 3.05) is 65.8 Å². The van der Waals surface area contributed by atoms with Crippen LogP contribution in [0.5, 0.6) is 0 Å². The van der Waals surface area contributed by atoms with Gasteiger partial charge < -0.3 is 41.0 Å². The molecule has 0 unspecified atom stereocenters. The molecule has 0 bridgehead atoms. The third kappa shape index (κ3) is 17.4. The topological polar surface area (TPSA) is 107 Å². The van der Waals surface area contributed by atoms with Crippen LogP contribution >= 0.6 is 24.4 Å². The summed E-state index contributed by atoms with van der Waals surface area (Å²) in [5.74, 6) is 0. The van der Waals surface area contributed by atoms with Gasteiger partial charge in [-0.15, -0.1) is 0 Å². The molecule has 0 spiro atoms. The second kappa shape index (κ2) is 17.6. The summed E-state index contributed by atoms with van der Waals surface area (Å²) in [6, 6.07) is 0. The van der Waals surface area contributed by atoms with Crippen LogP contribution in [-0.2, 0) is 9.47 Å². The molecular weight excluding hydrogens is 340 g/mol. The first-order valence-electron chi connectivity index (χ1n) is 7.61. The molecule has 23 heavy (non-hydrogen) atoms. The zero-order valence-corrected chi connectivity index (χ0v) is 14.9. The van der Waals surface area contributed by atoms with E-state index in [1.54, 1.807) is 0 Å². The third-order valence-electron chi connectivity index (χ3n) is 2.46. The van der Waals surface area contributed by atoms with Gasteiger partial charge in [-0.1, -0.05) is 0 Å². The van der Waals surface area contributed by atoms with E-state index in [1.807, 2.05) is 0 Å². The molecule has 0 aliphatic heterocycles. The maximum absolute atomic E-state index is 8.54. The van der Waals surface area contributed by atoms with Crippen molar-refractivity contribution in [1.29, 1.82) is 0 Å². The molecule has 0 saturated heterocycles. The van der Waals surface area contributed by atoms with Crippen molar-refractivity contribution in [2.24, 2.45) is 0 Å².